The molecule has 34 heavy (non-hydrogen) atoms. The van der Waals surface area contributed by atoms with Gasteiger partial charge in [0, 0.05) is 34.0 Å². The normalized spacial score (nSPS) is 22.0. The molecular formula is C23H33Br2N3O5S. The van der Waals surface area contributed by atoms with Crippen molar-refractivity contribution >= 4 is 53.9 Å². The second kappa shape index (κ2) is 11.3. The van der Waals surface area contributed by atoms with E-state index in [1.807, 2.05) is 0 Å². The molecule has 1 saturated carbocycles. The molecule has 2 atom stereocenters. The van der Waals surface area contributed by atoms with Crippen molar-refractivity contribution in [2.24, 2.45) is 5.92 Å². The maximum atomic E-state index is 13.1. The Morgan fingerprint density at radius 3 is 2.47 bits per heavy atom. The monoisotopic (exact) mass is 621 g/mol. The zero-order valence-electron chi connectivity index (χ0n) is 19.8. The highest BCUT2D eigenvalue weighted by Gasteiger charge is 2.40. The first kappa shape index (κ1) is 27.4. The number of rotatable bonds is 6. The first-order chi connectivity index (χ1) is 15.9. The van der Waals surface area contributed by atoms with Gasteiger partial charge in [0.1, 0.15) is 5.60 Å². The van der Waals surface area contributed by atoms with Crippen LogP contribution in [0.25, 0.3) is 0 Å². The second-order valence-corrected chi connectivity index (χ2v) is 13.4. The number of carbonyl (C=O) groups is 2. The van der Waals surface area contributed by atoms with Gasteiger partial charge in [-0.15, -0.1) is 0 Å². The standard InChI is InChI=1S/C23H33Br2N3O5S/c1-23(2,3)33-22(30)28-14-17(27-34(31,32)20-11-16(24)9-10-19(20)25)12-18(28)13-26-21(29)15-7-5-4-6-8-15/h9-11,15,17-18,27H,4-8,12-14H2,1-3H3,(H,26,29)/t17-,18-/m1/s1. The number of likely N-dealkylation sites (tertiary alicyclic amines) is 1. The zero-order chi connectivity index (χ0) is 25.1. The van der Waals surface area contributed by atoms with Crippen LogP contribution in [0.2, 0.25) is 0 Å². The molecule has 2 amide bonds. The van der Waals surface area contributed by atoms with E-state index < -0.39 is 27.8 Å². The average Bonchev–Trinajstić information content (AvgIpc) is 3.15. The van der Waals surface area contributed by atoms with Gasteiger partial charge in [0.05, 0.1) is 10.9 Å². The highest BCUT2D eigenvalue weighted by molar-refractivity contribution is 9.11. The Hall–Kier alpha value is -1.17. The minimum atomic E-state index is -3.85. The van der Waals surface area contributed by atoms with Crippen LogP contribution in [0.1, 0.15) is 59.3 Å². The number of benzene rings is 1. The Labute approximate surface area is 218 Å². The molecule has 1 aromatic rings. The maximum Gasteiger partial charge on any atom is 0.410 e. The molecule has 11 heteroatoms. The van der Waals surface area contributed by atoms with Gasteiger partial charge in [0.15, 0.2) is 0 Å². The summed E-state index contributed by atoms with van der Waals surface area (Å²) < 4.78 is 35.5. The van der Waals surface area contributed by atoms with Crippen molar-refractivity contribution in [1.82, 2.24) is 14.9 Å². The minimum Gasteiger partial charge on any atom is -0.444 e. The summed E-state index contributed by atoms with van der Waals surface area (Å²) in [5.41, 5.74) is -0.689. The van der Waals surface area contributed by atoms with Crippen LogP contribution >= 0.6 is 31.9 Å². The molecule has 0 aromatic heterocycles. The number of sulfonamides is 1. The molecule has 2 aliphatic rings. The molecule has 0 unspecified atom stereocenters. The third kappa shape index (κ3) is 7.41. The Balaban J connectivity index is 1.72. The molecule has 1 saturated heterocycles. The third-order valence-corrected chi connectivity index (χ3v) is 9.04. The second-order valence-electron chi connectivity index (χ2n) is 10.00. The highest BCUT2D eigenvalue weighted by atomic mass is 79.9. The number of carbonyl (C=O) groups excluding carboxylic acids is 2. The van der Waals surface area contributed by atoms with Gasteiger partial charge in [0.2, 0.25) is 15.9 Å². The van der Waals surface area contributed by atoms with E-state index in [1.165, 1.54) is 11.0 Å². The van der Waals surface area contributed by atoms with E-state index in [2.05, 4.69) is 41.9 Å². The molecule has 190 valence electrons. The number of amides is 2. The number of halogens is 2. The van der Waals surface area contributed by atoms with Crippen LogP contribution in [0, 0.1) is 5.92 Å². The number of nitrogens with zero attached hydrogens (tertiary/aromatic N) is 1. The highest BCUT2D eigenvalue weighted by Crippen LogP contribution is 2.28. The first-order valence-corrected chi connectivity index (χ1v) is 14.7. The Morgan fingerprint density at radius 2 is 1.82 bits per heavy atom. The van der Waals surface area contributed by atoms with Crippen LogP contribution in [0.5, 0.6) is 0 Å². The lowest BCUT2D eigenvalue weighted by molar-refractivity contribution is -0.126. The van der Waals surface area contributed by atoms with Crippen LogP contribution in [0.4, 0.5) is 4.79 Å². The molecule has 1 aliphatic carbocycles. The summed E-state index contributed by atoms with van der Waals surface area (Å²) in [7, 11) is -3.85. The summed E-state index contributed by atoms with van der Waals surface area (Å²) in [5, 5.41) is 2.99. The smallest absolute Gasteiger partial charge is 0.410 e. The summed E-state index contributed by atoms with van der Waals surface area (Å²) in [6, 6.07) is 4.04. The van der Waals surface area contributed by atoms with Crippen molar-refractivity contribution < 1.29 is 22.7 Å². The third-order valence-electron chi connectivity index (χ3n) is 6.03. The van der Waals surface area contributed by atoms with E-state index in [0.717, 1.165) is 32.1 Å². The van der Waals surface area contributed by atoms with Crippen molar-refractivity contribution in [2.45, 2.75) is 81.9 Å². The Kier molecular flexibility index (Phi) is 9.08. The van der Waals surface area contributed by atoms with Crippen LogP contribution < -0.4 is 10.0 Å². The van der Waals surface area contributed by atoms with Crippen LogP contribution in [-0.4, -0.2) is 56.1 Å². The fourth-order valence-corrected chi connectivity index (χ4v) is 7.18. The van der Waals surface area contributed by atoms with Gasteiger partial charge in [0.25, 0.3) is 0 Å². The molecule has 3 rings (SSSR count). The predicted octanol–water partition coefficient (Wildman–Crippen LogP) is 4.56. The number of ether oxygens (including phenoxy) is 1. The summed E-state index contributed by atoms with van der Waals surface area (Å²) in [6.07, 6.45) is 4.90. The van der Waals surface area contributed by atoms with E-state index in [4.69, 9.17) is 4.74 Å². The molecule has 2 fully saturated rings. The van der Waals surface area contributed by atoms with Crippen molar-refractivity contribution in [1.29, 1.82) is 0 Å². The lowest BCUT2D eigenvalue weighted by Gasteiger charge is -2.29. The fourth-order valence-electron chi connectivity index (χ4n) is 4.43. The van der Waals surface area contributed by atoms with E-state index in [0.29, 0.717) is 15.4 Å². The number of hydrogen-bond donors (Lipinski definition) is 2. The molecule has 0 spiro atoms. The van der Waals surface area contributed by atoms with Crippen LogP contribution in [0.15, 0.2) is 32.0 Å². The van der Waals surface area contributed by atoms with Gasteiger partial charge in [-0.2, -0.15) is 0 Å². The molecular weight excluding hydrogens is 590 g/mol. The van der Waals surface area contributed by atoms with Crippen molar-refractivity contribution in [3.63, 3.8) is 0 Å². The fraction of sp³-hybridized carbons (Fsp3) is 0.652. The Bertz CT molecular complexity index is 1010. The number of nitrogens with one attached hydrogen (secondary N) is 2. The van der Waals surface area contributed by atoms with E-state index in [9.17, 15) is 18.0 Å². The number of hydrogen-bond acceptors (Lipinski definition) is 5. The quantitative estimate of drug-likeness (QED) is 0.484. The van der Waals surface area contributed by atoms with Gasteiger partial charge >= 0.3 is 6.09 Å². The first-order valence-electron chi connectivity index (χ1n) is 11.6. The lowest BCUT2D eigenvalue weighted by atomic mass is 9.88. The summed E-state index contributed by atoms with van der Waals surface area (Å²) in [4.78, 5) is 27.2. The van der Waals surface area contributed by atoms with Gasteiger partial charge in [-0.1, -0.05) is 35.2 Å². The molecule has 2 N–H and O–H groups in total. The van der Waals surface area contributed by atoms with Gasteiger partial charge < -0.3 is 15.0 Å². The largest absolute Gasteiger partial charge is 0.444 e. The SMILES string of the molecule is CC(C)(C)OC(=O)N1C[C@H](NS(=O)(=O)c2cc(Br)ccc2Br)C[C@@H]1CNC(=O)C1CCCCC1. The van der Waals surface area contributed by atoms with Crippen molar-refractivity contribution in [3.8, 4) is 0 Å². The molecule has 1 aliphatic heterocycles. The van der Waals surface area contributed by atoms with Gasteiger partial charge in [-0.3, -0.25) is 4.79 Å². The van der Waals surface area contributed by atoms with Gasteiger partial charge in [-0.05, 0) is 74.2 Å². The van der Waals surface area contributed by atoms with Gasteiger partial charge in [-0.25, -0.2) is 17.9 Å². The Morgan fingerprint density at radius 1 is 1.15 bits per heavy atom. The summed E-state index contributed by atoms with van der Waals surface area (Å²) in [5.74, 6) is 0.0132. The van der Waals surface area contributed by atoms with Crippen molar-refractivity contribution in [2.75, 3.05) is 13.1 Å². The summed E-state index contributed by atoms with van der Waals surface area (Å²) in [6.45, 7) is 5.76. The average molecular weight is 623 g/mol. The predicted molar refractivity (Wildman–Crippen MR) is 137 cm³/mol. The lowest BCUT2D eigenvalue weighted by Crippen LogP contribution is -2.46. The molecule has 1 aromatic carbocycles. The maximum absolute atomic E-state index is 13.1. The van der Waals surface area contributed by atoms with Crippen LogP contribution in [-0.2, 0) is 19.6 Å². The zero-order valence-corrected chi connectivity index (χ0v) is 23.8. The molecule has 0 radical (unpaired) electrons. The molecule has 8 nitrogen and oxygen atoms in total. The van der Waals surface area contributed by atoms with E-state index in [-0.39, 0.29) is 35.9 Å². The topological polar surface area (TPSA) is 105 Å². The van der Waals surface area contributed by atoms with Crippen LogP contribution in [0.3, 0.4) is 0 Å². The van der Waals surface area contributed by atoms with E-state index >= 15 is 0 Å². The minimum absolute atomic E-state index is 0.00550. The molecule has 1 heterocycles. The van der Waals surface area contributed by atoms with Crippen molar-refractivity contribution in [3.05, 3.63) is 27.1 Å². The molecule has 0 bridgehead atoms. The van der Waals surface area contributed by atoms with E-state index in [1.54, 1.807) is 32.9 Å². The summed E-state index contributed by atoms with van der Waals surface area (Å²) >= 11 is 6.61.